The van der Waals surface area contributed by atoms with Crippen molar-refractivity contribution in [3.63, 3.8) is 0 Å². The Bertz CT molecular complexity index is 1070. The predicted octanol–water partition coefficient (Wildman–Crippen LogP) is 10.7. The molecular weight excluding hydrogens is 526 g/mol. The van der Waals surface area contributed by atoms with E-state index in [0.29, 0.717) is 22.6 Å². The van der Waals surface area contributed by atoms with Crippen molar-refractivity contribution < 1.29 is 9.13 Å². The third-order valence-electron chi connectivity index (χ3n) is 11.3. The lowest BCUT2D eigenvalue weighted by atomic mass is 9.99. The van der Waals surface area contributed by atoms with Gasteiger partial charge in [0, 0.05) is 33.2 Å². The minimum absolute atomic E-state index is 0.321. The summed E-state index contributed by atoms with van der Waals surface area (Å²) in [6.45, 7) is 0. The van der Waals surface area contributed by atoms with Gasteiger partial charge in [0.1, 0.15) is 14.3 Å². The van der Waals surface area contributed by atoms with Gasteiger partial charge in [-0.05, 0) is 62.5 Å². The number of rotatable bonds is 7. The van der Waals surface area contributed by atoms with Crippen LogP contribution in [0.1, 0.15) is 128 Å². The third kappa shape index (κ3) is 5.51. The summed E-state index contributed by atoms with van der Waals surface area (Å²) in [5.41, 5.74) is 3.60. The van der Waals surface area contributed by atoms with E-state index in [1.165, 1.54) is 77.0 Å². The van der Waals surface area contributed by atoms with Crippen LogP contribution in [-0.4, -0.2) is 22.6 Å². The second-order valence-corrected chi connectivity index (χ2v) is 20.3. The Hall–Kier alpha value is -1.10. The highest BCUT2D eigenvalue weighted by molar-refractivity contribution is 7.74. The Morgan fingerprint density at radius 1 is 0.375 bits per heavy atom. The van der Waals surface area contributed by atoms with Gasteiger partial charge in [-0.15, -0.1) is 0 Å². The fourth-order valence-corrected chi connectivity index (χ4v) is 18.3. The molecule has 2 aromatic rings. The molecule has 40 heavy (non-hydrogen) atoms. The number of hydrogen-bond acceptors (Lipinski definition) is 2. The monoisotopic (exact) mass is 578 g/mol. The van der Waals surface area contributed by atoms with E-state index in [2.05, 4.69) is 48.5 Å². The lowest BCUT2D eigenvalue weighted by Gasteiger charge is -2.41. The standard InChI is InChI=1S/C36H52O2P2/c37-39(29-17-5-1-6-18-29,30-19-7-2-8-20-30)35-27-15-13-25-33(35)34-26-14-16-28-36(34)40(38,31-21-9-3-10-22-31)32-23-11-4-12-24-32/h13-16,25-32H,1-12,17-24H2. The Labute approximate surface area is 244 Å². The summed E-state index contributed by atoms with van der Waals surface area (Å²) < 4.78 is 31.6. The van der Waals surface area contributed by atoms with Crippen LogP contribution >= 0.6 is 14.3 Å². The van der Waals surface area contributed by atoms with Crippen LogP contribution in [0.4, 0.5) is 0 Å². The Morgan fingerprint density at radius 2 is 0.625 bits per heavy atom. The first-order valence-corrected chi connectivity index (χ1v) is 20.7. The Kier molecular flexibility index (Phi) is 9.45. The molecule has 0 saturated heterocycles. The van der Waals surface area contributed by atoms with E-state index < -0.39 is 14.3 Å². The molecule has 0 bridgehead atoms. The first kappa shape index (κ1) is 29.0. The molecule has 0 unspecified atom stereocenters. The summed E-state index contributed by atoms with van der Waals surface area (Å²) in [5.74, 6) is 0. The molecule has 2 nitrogen and oxygen atoms in total. The lowest BCUT2D eigenvalue weighted by Crippen LogP contribution is -2.33. The molecule has 0 amide bonds. The van der Waals surface area contributed by atoms with Crippen molar-refractivity contribution in [1.82, 2.24) is 0 Å². The van der Waals surface area contributed by atoms with Crippen molar-refractivity contribution in [2.45, 2.75) is 151 Å². The summed E-state index contributed by atoms with van der Waals surface area (Å²) in [6.07, 6.45) is 23.9. The zero-order chi connectivity index (χ0) is 27.4. The summed E-state index contributed by atoms with van der Waals surface area (Å²) >= 11 is 0. The molecule has 0 atom stereocenters. The van der Waals surface area contributed by atoms with Gasteiger partial charge < -0.3 is 9.13 Å². The van der Waals surface area contributed by atoms with Crippen LogP contribution in [0.2, 0.25) is 0 Å². The largest absolute Gasteiger partial charge is 0.318 e. The molecule has 0 spiro atoms. The van der Waals surface area contributed by atoms with Crippen LogP contribution in [0.25, 0.3) is 11.1 Å². The van der Waals surface area contributed by atoms with Crippen LogP contribution in [0.15, 0.2) is 48.5 Å². The quantitative estimate of drug-likeness (QED) is 0.306. The maximum atomic E-state index is 15.8. The van der Waals surface area contributed by atoms with E-state index in [1.54, 1.807) is 0 Å². The van der Waals surface area contributed by atoms with Crippen LogP contribution in [-0.2, 0) is 9.13 Å². The molecule has 0 heterocycles. The van der Waals surface area contributed by atoms with Gasteiger partial charge in [0.15, 0.2) is 0 Å². The van der Waals surface area contributed by atoms with E-state index in [9.17, 15) is 0 Å². The SMILES string of the molecule is O=P(c1ccccc1-c1ccccc1P(=O)(C1CCCCC1)C1CCCCC1)(C1CCCCC1)C1CCCCC1. The molecule has 0 N–H and O–H groups in total. The summed E-state index contributed by atoms with van der Waals surface area (Å²) in [7, 11) is -5.30. The second-order valence-electron chi connectivity index (χ2n) is 13.6. The van der Waals surface area contributed by atoms with Crippen molar-refractivity contribution in [3.8, 4) is 11.1 Å². The lowest BCUT2D eigenvalue weighted by molar-refractivity contribution is 0.452. The summed E-state index contributed by atoms with van der Waals surface area (Å²) in [6, 6.07) is 17.5. The van der Waals surface area contributed by atoms with Gasteiger partial charge in [0.25, 0.3) is 0 Å². The van der Waals surface area contributed by atoms with Crippen molar-refractivity contribution in [1.29, 1.82) is 0 Å². The maximum absolute atomic E-state index is 15.8. The molecule has 4 fully saturated rings. The summed E-state index contributed by atoms with van der Waals surface area (Å²) in [4.78, 5) is 0. The van der Waals surface area contributed by atoms with Gasteiger partial charge in [-0.2, -0.15) is 0 Å². The molecule has 0 aliphatic heterocycles. The Morgan fingerprint density at radius 3 is 0.900 bits per heavy atom. The van der Waals surface area contributed by atoms with Crippen LogP contribution in [0, 0.1) is 0 Å². The molecule has 4 aliphatic rings. The highest BCUT2D eigenvalue weighted by Crippen LogP contribution is 2.65. The van der Waals surface area contributed by atoms with Crippen LogP contribution in [0.3, 0.4) is 0 Å². The second kappa shape index (κ2) is 13.0. The molecule has 218 valence electrons. The van der Waals surface area contributed by atoms with Gasteiger partial charge in [-0.3, -0.25) is 0 Å². The number of hydrogen-bond donors (Lipinski definition) is 0. The van der Waals surface area contributed by atoms with Crippen molar-refractivity contribution in [2.75, 3.05) is 0 Å². The molecule has 0 radical (unpaired) electrons. The predicted molar refractivity (Wildman–Crippen MR) is 174 cm³/mol. The summed E-state index contributed by atoms with van der Waals surface area (Å²) in [5, 5.41) is 2.28. The average molecular weight is 579 g/mol. The minimum atomic E-state index is -2.65. The first-order valence-electron chi connectivity index (χ1n) is 17.0. The van der Waals surface area contributed by atoms with E-state index in [1.807, 2.05) is 0 Å². The van der Waals surface area contributed by atoms with Crippen molar-refractivity contribution in [2.24, 2.45) is 0 Å². The minimum Gasteiger partial charge on any atom is -0.318 e. The zero-order valence-electron chi connectivity index (χ0n) is 24.8. The fraction of sp³-hybridized carbons (Fsp3) is 0.667. The zero-order valence-corrected chi connectivity index (χ0v) is 26.6. The molecule has 6 rings (SSSR count). The Balaban J connectivity index is 1.51. The normalized spacial score (nSPS) is 23.3. The first-order chi connectivity index (χ1) is 19.6. The third-order valence-corrected chi connectivity index (χ3v) is 20.0. The van der Waals surface area contributed by atoms with Crippen LogP contribution in [0.5, 0.6) is 0 Å². The van der Waals surface area contributed by atoms with E-state index in [4.69, 9.17) is 0 Å². The maximum Gasteiger partial charge on any atom is 0.122 e. The topological polar surface area (TPSA) is 34.1 Å². The molecule has 2 aromatic carbocycles. The van der Waals surface area contributed by atoms with Gasteiger partial charge in [-0.1, -0.05) is 126 Å². The highest BCUT2D eigenvalue weighted by atomic mass is 31.2. The average Bonchev–Trinajstić information content (AvgIpc) is 3.05. The van der Waals surface area contributed by atoms with Gasteiger partial charge in [0.2, 0.25) is 0 Å². The smallest absolute Gasteiger partial charge is 0.122 e. The van der Waals surface area contributed by atoms with Crippen molar-refractivity contribution in [3.05, 3.63) is 48.5 Å². The van der Waals surface area contributed by atoms with E-state index in [-0.39, 0.29) is 0 Å². The molecule has 4 aliphatic carbocycles. The fourth-order valence-electron chi connectivity index (χ4n) is 9.25. The highest BCUT2D eigenvalue weighted by Gasteiger charge is 2.46. The van der Waals surface area contributed by atoms with Gasteiger partial charge in [0.05, 0.1) is 0 Å². The van der Waals surface area contributed by atoms with Crippen LogP contribution < -0.4 is 10.6 Å². The van der Waals surface area contributed by atoms with E-state index in [0.717, 1.165) is 73.1 Å². The molecule has 0 aromatic heterocycles. The van der Waals surface area contributed by atoms with Crippen molar-refractivity contribution >= 4 is 24.9 Å². The van der Waals surface area contributed by atoms with E-state index >= 15 is 9.13 Å². The molecular formula is C36H52O2P2. The molecule has 4 saturated carbocycles. The van der Waals surface area contributed by atoms with Gasteiger partial charge in [-0.25, -0.2) is 0 Å². The van der Waals surface area contributed by atoms with Gasteiger partial charge >= 0.3 is 0 Å². The molecule has 4 heteroatoms. The number of benzene rings is 2.